The molecule has 4 heteroatoms. The molecule has 0 heterocycles. The first-order valence-corrected chi connectivity index (χ1v) is 3.83. The van der Waals surface area contributed by atoms with Crippen LogP contribution in [0.1, 0.15) is 6.42 Å². The number of phenols is 1. The summed E-state index contributed by atoms with van der Waals surface area (Å²) in [5, 5.41) is 17.4. The third-order valence-electron chi connectivity index (χ3n) is 1.37. The Labute approximate surface area is 75.4 Å². The minimum Gasteiger partial charge on any atom is -0.508 e. The van der Waals surface area contributed by atoms with Crippen LogP contribution in [0.15, 0.2) is 24.3 Å². The van der Waals surface area contributed by atoms with E-state index in [0.717, 1.165) is 0 Å². The molecular formula is C9H10O4. The number of phenolic OH excluding ortho intramolecular Hbond substituents is 1. The van der Waals surface area contributed by atoms with E-state index >= 15 is 0 Å². The Morgan fingerprint density at radius 1 is 1.46 bits per heavy atom. The summed E-state index contributed by atoms with van der Waals surface area (Å²) in [5.41, 5.74) is 0. The van der Waals surface area contributed by atoms with E-state index in [4.69, 9.17) is 14.9 Å². The zero-order chi connectivity index (χ0) is 9.68. The second-order valence-corrected chi connectivity index (χ2v) is 2.45. The monoisotopic (exact) mass is 182 g/mol. The first kappa shape index (κ1) is 9.54. The smallest absolute Gasteiger partial charge is 0.313 e. The van der Waals surface area contributed by atoms with Crippen molar-refractivity contribution >= 4 is 5.97 Å². The van der Waals surface area contributed by atoms with Crippen molar-refractivity contribution in [1.29, 1.82) is 0 Å². The molecule has 0 aliphatic heterocycles. The normalized spacial score (nSPS) is 9.62. The maximum Gasteiger partial charge on any atom is 0.313 e. The van der Waals surface area contributed by atoms with Crippen LogP contribution in [-0.2, 0) is 4.79 Å². The summed E-state index contributed by atoms with van der Waals surface area (Å²) >= 11 is 0. The summed E-state index contributed by atoms with van der Waals surface area (Å²) in [6.45, 7) is -0.238. The number of carbonyl (C=O) groups excluding carboxylic acids is 1. The van der Waals surface area contributed by atoms with Crippen LogP contribution < -0.4 is 4.74 Å². The van der Waals surface area contributed by atoms with Crippen LogP contribution in [0.25, 0.3) is 0 Å². The predicted molar refractivity (Wildman–Crippen MR) is 45.4 cm³/mol. The van der Waals surface area contributed by atoms with Gasteiger partial charge in [-0.15, -0.1) is 0 Å². The molecule has 2 N–H and O–H groups in total. The fourth-order valence-electron chi connectivity index (χ4n) is 0.821. The van der Waals surface area contributed by atoms with Gasteiger partial charge in [-0.1, -0.05) is 6.07 Å². The highest BCUT2D eigenvalue weighted by atomic mass is 16.5. The number of ether oxygens (including phenoxy) is 1. The van der Waals surface area contributed by atoms with Crippen LogP contribution in [0.4, 0.5) is 0 Å². The van der Waals surface area contributed by atoms with Gasteiger partial charge < -0.3 is 14.9 Å². The molecule has 0 unspecified atom stereocenters. The first-order chi connectivity index (χ1) is 6.22. The summed E-state index contributed by atoms with van der Waals surface area (Å²) in [6.07, 6.45) is -0.0460. The molecule has 0 fully saturated rings. The van der Waals surface area contributed by atoms with Gasteiger partial charge in [-0.25, -0.2) is 0 Å². The maximum atomic E-state index is 10.9. The quantitative estimate of drug-likeness (QED) is 0.533. The number of benzene rings is 1. The van der Waals surface area contributed by atoms with Gasteiger partial charge in [0.15, 0.2) is 0 Å². The molecule has 0 aliphatic carbocycles. The van der Waals surface area contributed by atoms with Crippen LogP contribution in [0.3, 0.4) is 0 Å². The number of aromatic hydroxyl groups is 1. The molecule has 70 valence electrons. The van der Waals surface area contributed by atoms with Crippen molar-refractivity contribution in [2.75, 3.05) is 6.61 Å². The summed E-state index contributed by atoms with van der Waals surface area (Å²) in [5.74, 6) is -0.208. The molecular weight excluding hydrogens is 172 g/mol. The maximum absolute atomic E-state index is 10.9. The van der Waals surface area contributed by atoms with Crippen molar-refractivity contribution in [2.45, 2.75) is 6.42 Å². The highest BCUT2D eigenvalue weighted by Crippen LogP contribution is 2.17. The van der Waals surface area contributed by atoms with Gasteiger partial charge in [0.2, 0.25) is 0 Å². The number of aliphatic hydroxyl groups excluding tert-OH is 1. The highest BCUT2D eigenvalue weighted by Gasteiger charge is 2.03. The van der Waals surface area contributed by atoms with E-state index in [0.29, 0.717) is 0 Å². The van der Waals surface area contributed by atoms with Crippen molar-refractivity contribution < 1.29 is 19.7 Å². The molecule has 0 aliphatic rings. The van der Waals surface area contributed by atoms with E-state index in [1.165, 1.54) is 12.1 Å². The zero-order valence-corrected chi connectivity index (χ0v) is 6.93. The lowest BCUT2D eigenvalue weighted by atomic mass is 10.3. The molecule has 0 spiro atoms. The van der Waals surface area contributed by atoms with Crippen LogP contribution in [-0.4, -0.2) is 22.8 Å². The number of rotatable bonds is 3. The van der Waals surface area contributed by atoms with Gasteiger partial charge in [-0.05, 0) is 12.1 Å². The molecule has 1 rings (SSSR count). The second kappa shape index (κ2) is 4.47. The van der Waals surface area contributed by atoms with Gasteiger partial charge in [0.1, 0.15) is 11.5 Å². The van der Waals surface area contributed by atoms with Crippen LogP contribution in [0, 0.1) is 0 Å². The largest absolute Gasteiger partial charge is 0.508 e. The highest BCUT2D eigenvalue weighted by molar-refractivity contribution is 5.72. The van der Waals surface area contributed by atoms with Crippen LogP contribution in [0.2, 0.25) is 0 Å². The van der Waals surface area contributed by atoms with E-state index < -0.39 is 5.97 Å². The molecule has 0 saturated heterocycles. The Bertz CT molecular complexity index is 295. The molecule has 0 radical (unpaired) electrons. The minimum atomic E-state index is -0.520. The first-order valence-electron chi connectivity index (χ1n) is 3.83. The van der Waals surface area contributed by atoms with Gasteiger partial charge in [0, 0.05) is 6.07 Å². The van der Waals surface area contributed by atoms with Gasteiger partial charge in [0.25, 0.3) is 0 Å². The van der Waals surface area contributed by atoms with Crippen LogP contribution >= 0.6 is 0 Å². The van der Waals surface area contributed by atoms with Gasteiger partial charge in [-0.3, -0.25) is 4.79 Å². The number of esters is 1. The summed E-state index contributed by atoms with van der Waals surface area (Å²) in [4.78, 5) is 10.9. The van der Waals surface area contributed by atoms with Crippen molar-refractivity contribution in [3.8, 4) is 11.5 Å². The van der Waals surface area contributed by atoms with E-state index in [-0.39, 0.29) is 24.5 Å². The molecule has 0 aromatic heterocycles. The molecule has 1 aromatic carbocycles. The molecule has 0 atom stereocenters. The average Bonchev–Trinajstić information content (AvgIpc) is 2.04. The standard InChI is InChI=1S/C9H10O4/c10-5-4-9(12)13-8-3-1-2-7(11)6-8/h1-3,6,10-11H,4-5H2. The van der Waals surface area contributed by atoms with E-state index in [1.54, 1.807) is 12.1 Å². The second-order valence-electron chi connectivity index (χ2n) is 2.45. The summed E-state index contributed by atoms with van der Waals surface area (Å²) in [6, 6.07) is 5.92. The fourth-order valence-corrected chi connectivity index (χ4v) is 0.821. The van der Waals surface area contributed by atoms with Crippen molar-refractivity contribution in [3.05, 3.63) is 24.3 Å². The average molecular weight is 182 g/mol. The fraction of sp³-hybridized carbons (Fsp3) is 0.222. The molecule has 0 amide bonds. The predicted octanol–water partition coefficient (Wildman–Crippen LogP) is 0.680. The van der Waals surface area contributed by atoms with Gasteiger partial charge >= 0.3 is 5.97 Å². The molecule has 0 bridgehead atoms. The Morgan fingerprint density at radius 2 is 2.23 bits per heavy atom. The molecule has 0 saturated carbocycles. The van der Waals surface area contributed by atoms with Crippen molar-refractivity contribution in [1.82, 2.24) is 0 Å². The van der Waals surface area contributed by atoms with Gasteiger partial charge in [-0.2, -0.15) is 0 Å². The summed E-state index contributed by atoms with van der Waals surface area (Å²) in [7, 11) is 0. The lowest BCUT2D eigenvalue weighted by Crippen LogP contribution is -2.09. The number of hydrogen-bond acceptors (Lipinski definition) is 4. The Balaban J connectivity index is 2.58. The minimum absolute atomic E-state index is 0.0364. The Hall–Kier alpha value is -1.55. The lowest BCUT2D eigenvalue weighted by Gasteiger charge is -2.02. The number of aliphatic hydroxyl groups is 1. The topological polar surface area (TPSA) is 66.8 Å². The Morgan fingerprint density at radius 3 is 2.85 bits per heavy atom. The van der Waals surface area contributed by atoms with E-state index in [9.17, 15) is 4.79 Å². The molecule has 13 heavy (non-hydrogen) atoms. The third-order valence-corrected chi connectivity index (χ3v) is 1.37. The van der Waals surface area contributed by atoms with E-state index in [2.05, 4.69) is 0 Å². The number of hydrogen-bond donors (Lipinski definition) is 2. The van der Waals surface area contributed by atoms with Crippen molar-refractivity contribution in [3.63, 3.8) is 0 Å². The summed E-state index contributed by atoms with van der Waals surface area (Å²) < 4.78 is 4.78. The lowest BCUT2D eigenvalue weighted by molar-refractivity contribution is -0.135. The SMILES string of the molecule is O=C(CCO)Oc1cccc(O)c1. The Kier molecular flexibility index (Phi) is 3.28. The van der Waals surface area contributed by atoms with Crippen molar-refractivity contribution in [2.24, 2.45) is 0 Å². The third kappa shape index (κ3) is 3.13. The van der Waals surface area contributed by atoms with E-state index in [1.807, 2.05) is 0 Å². The molecule has 4 nitrogen and oxygen atoms in total. The molecule has 1 aromatic rings. The zero-order valence-electron chi connectivity index (χ0n) is 6.93. The number of carbonyl (C=O) groups is 1. The van der Waals surface area contributed by atoms with Gasteiger partial charge in [0.05, 0.1) is 13.0 Å². The van der Waals surface area contributed by atoms with Crippen LogP contribution in [0.5, 0.6) is 11.5 Å².